The predicted octanol–water partition coefficient (Wildman–Crippen LogP) is 2.27. The van der Waals surface area contributed by atoms with Crippen molar-refractivity contribution in [3.05, 3.63) is 0 Å². The summed E-state index contributed by atoms with van der Waals surface area (Å²) in [7, 11) is 0. The van der Waals surface area contributed by atoms with Crippen molar-refractivity contribution in [1.82, 2.24) is 5.32 Å². The first-order valence-electron chi connectivity index (χ1n) is 5.15. The highest BCUT2D eigenvalue weighted by Gasteiger charge is 2.35. The Morgan fingerprint density at radius 2 is 2.00 bits per heavy atom. The molecule has 0 amide bonds. The van der Waals surface area contributed by atoms with Crippen LogP contribution in [-0.4, -0.2) is 23.1 Å². The Hall–Kier alpha value is 0.310. The van der Waals surface area contributed by atoms with Gasteiger partial charge >= 0.3 is 0 Å². The average molecular weight is 185 g/mol. The van der Waals surface area contributed by atoms with Crippen LogP contribution in [0.25, 0.3) is 0 Å². The minimum Gasteiger partial charge on any atom is -0.310 e. The standard InChI is InChI=1S/C10H19NS/c1-7-6-10(7)11-9-4-3-5-12-8(9)2/h7-11H,3-6H2,1-2H3. The molecule has 4 atom stereocenters. The van der Waals surface area contributed by atoms with E-state index in [4.69, 9.17) is 0 Å². The van der Waals surface area contributed by atoms with Crippen molar-refractivity contribution in [2.45, 2.75) is 50.4 Å². The van der Waals surface area contributed by atoms with Gasteiger partial charge in [0.15, 0.2) is 0 Å². The Balaban J connectivity index is 1.77. The van der Waals surface area contributed by atoms with E-state index < -0.39 is 0 Å². The molecule has 2 rings (SSSR count). The van der Waals surface area contributed by atoms with Gasteiger partial charge in [-0.05, 0) is 30.9 Å². The lowest BCUT2D eigenvalue weighted by Gasteiger charge is -2.29. The fourth-order valence-corrected chi connectivity index (χ4v) is 3.12. The second-order valence-corrected chi connectivity index (χ2v) is 5.80. The maximum absolute atomic E-state index is 3.77. The zero-order chi connectivity index (χ0) is 8.55. The topological polar surface area (TPSA) is 12.0 Å². The first-order chi connectivity index (χ1) is 5.77. The summed E-state index contributed by atoms with van der Waals surface area (Å²) in [6.45, 7) is 4.72. The molecule has 2 heteroatoms. The van der Waals surface area contributed by atoms with E-state index in [9.17, 15) is 0 Å². The Kier molecular flexibility index (Phi) is 2.66. The van der Waals surface area contributed by atoms with Crippen molar-refractivity contribution in [3.8, 4) is 0 Å². The summed E-state index contributed by atoms with van der Waals surface area (Å²) in [5.74, 6) is 2.32. The third-order valence-corrected chi connectivity index (χ3v) is 4.52. The smallest absolute Gasteiger partial charge is 0.0186 e. The molecule has 1 N–H and O–H groups in total. The van der Waals surface area contributed by atoms with Crippen molar-refractivity contribution in [3.63, 3.8) is 0 Å². The molecule has 1 aliphatic heterocycles. The Morgan fingerprint density at radius 1 is 1.25 bits per heavy atom. The molecule has 1 aliphatic carbocycles. The SMILES string of the molecule is CC1CC1NC1CCCSC1C. The Morgan fingerprint density at radius 3 is 2.58 bits per heavy atom. The van der Waals surface area contributed by atoms with Gasteiger partial charge < -0.3 is 5.32 Å². The van der Waals surface area contributed by atoms with Crippen molar-refractivity contribution >= 4 is 11.8 Å². The van der Waals surface area contributed by atoms with Gasteiger partial charge in [-0.3, -0.25) is 0 Å². The maximum atomic E-state index is 3.77. The van der Waals surface area contributed by atoms with Crippen LogP contribution in [0.2, 0.25) is 0 Å². The van der Waals surface area contributed by atoms with Crippen LogP contribution in [0.15, 0.2) is 0 Å². The summed E-state index contributed by atoms with van der Waals surface area (Å²) < 4.78 is 0. The highest BCUT2D eigenvalue weighted by Crippen LogP contribution is 2.33. The zero-order valence-corrected chi connectivity index (χ0v) is 8.86. The average Bonchev–Trinajstić information content (AvgIpc) is 2.72. The van der Waals surface area contributed by atoms with E-state index in [1.807, 2.05) is 0 Å². The van der Waals surface area contributed by atoms with E-state index in [0.29, 0.717) is 0 Å². The largest absolute Gasteiger partial charge is 0.310 e. The summed E-state index contributed by atoms with van der Waals surface area (Å²) in [6, 6.07) is 1.66. The van der Waals surface area contributed by atoms with E-state index in [0.717, 1.165) is 23.3 Å². The van der Waals surface area contributed by atoms with Crippen LogP contribution in [0.1, 0.15) is 33.1 Å². The van der Waals surface area contributed by atoms with Gasteiger partial charge in [0, 0.05) is 17.3 Å². The number of nitrogens with one attached hydrogen (secondary N) is 1. The quantitative estimate of drug-likeness (QED) is 0.708. The summed E-state index contributed by atoms with van der Waals surface area (Å²) in [4.78, 5) is 0. The van der Waals surface area contributed by atoms with Gasteiger partial charge in [0.2, 0.25) is 0 Å². The van der Waals surface area contributed by atoms with Gasteiger partial charge in [0.05, 0.1) is 0 Å². The monoisotopic (exact) mass is 185 g/mol. The highest BCUT2D eigenvalue weighted by atomic mass is 32.2. The van der Waals surface area contributed by atoms with E-state index in [1.165, 1.54) is 25.0 Å². The third-order valence-electron chi connectivity index (χ3n) is 3.14. The molecular weight excluding hydrogens is 166 g/mol. The first kappa shape index (κ1) is 8.89. The number of thioether (sulfide) groups is 1. The normalized spacial score (nSPS) is 47.5. The molecule has 0 aromatic carbocycles. The molecule has 0 aromatic heterocycles. The van der Waals surface area contributed by atoms with E-state index in [1.54, 1.807) is 0 Å². The molecule has 70 valence electrons. The van der Waals surface area contributed by atoms with Crippen molar-refractivity contribution < 1.29 is 0 Å². The van der Waals surface area contributed by atoms with Gasteiger partial charge in [-0.1, -0.05) is 13.8 Å². The van der Waals surface area contributed by atoms with E-state index in [-0.39, 0.29) is 0 Å². The third kappa shape index (κ3) is 1.97. The number of hydrogen-bond donors (Lipinski definition) is 1. The van der Waals surface area contributed by atoms with Crippen molar-refractivity contribution in [1.29, 1.82) is 0 Å². The van der Waals surface area contributed by atoms with E-state index in [2.05, 4.69) is 30.9 Å². The molecule has 2 fully saturated rings. The molecule has 12 heavy (non-hydrogen) atoms. The maximum Gasteiger partial charge on any atom is 0.0186 e. The summed E-state index contributed by atoms with van der Waals surface area (Å²) >= 11 is 2.13. The Labute approximate surface area is 79.7 Å². The second-order valence-electron chi connectivity index (χ2n) is 4.31. The molecule has 0 radical (unpaired) electrons. The Bertz CT molecular complexity index is 160. The molecule has 0 bridgehead atoms. The lowest BCUT2D eigenvalue weighted by atomic mass is 10.1. The molecule has 1 nitrogen and oxygen atoms in total. The van der Waals surface area contributed by atoms with Gasteiger partial charge in [-0.2, -0.15) is 11.8 Å². The predicted molar refractivity (Wildman–Crippen MR) is 55.6 cm³/mol. The highest BCUT2D eigenvalue weighted by molar-refractivity contribution is 7.99. The fourth-order valence-electron chi connectivity index (χ4n) is 1.97. The van der Waals surface area contributed by atoms with Crippen LogP contribution < -0.4 is 5.32 Å². The molecule has 2 aliphatic rings. The van der Waals surface area contributed by atoms with Crippen LogP contribution in [0.3, 0.4) is 0 Å². The van der Waals surface area contributed by atoms with Gasteiger partial charge in [0.1, 0.15) is 0 Å². The lowest BCUT2D eigenvalue weighted by Crippen LogP contribution is -2.40. The molecule has 1 saturated heterocycles. The first-order valence-corrected chi connectivity index (χ1v) is 6.20. The molecule has 4 unspecified atom stereocenters. The number of hydrogen-bond acceptors (Lipinski definition) is 2. The van der Waals surface area contributed by atoms with Gasteiger partial charge in [-0.15, -0.1) is 0 Å². The molecule has 0 spiro atoms. The minimum absolute atomic E-state index is 0.804. The lowest BCUT2D eigenvalue weighted by molar-refractivity contribution is 0.451. The van der Waals surface area contributed by atoms with E-state index >= 15 is 0 Å². The minimum atomic E-state index is 0.804. The zero-order valence-electron chi connectivity index (χ0n) is 8.05. The summed E-state index contributed by atoms with van der Waals surface area (Å²) in [6.07, 6.45) is 4.22. The van der Waals surface area contributed by atoms with Crippen LogP contribution in [-0.2, 0) is 0 Å². The van der Waals surface area contributed by atoms with Crippen molar-refractivity contribution in [2.75, 3.05) is 5.75 Å². The van der Waals surface area contributed by atoms with Crippen LogP contribution in [0.5, 0.6) is 0 Å². The molecule has 1 heterocycles. The molecule has 0 aromatic rings. The second kappa shape index (κ2) is 3.59. The van der Waals surface area contributed by atoms with Gasteiger partial charge in [0.25, 0.3) is 0 Å². The summed E-state index contributed by atoms with van der Waals surface area (Å²) in [5, 5.41) is 4.61. The fraction of sp³-hybridized carbons (Fsp3) is 1.00. The summed E-state index contributed by atoms with van der Waals surface area (Å²) in [5.41, 5.74) is 0. The molecule has 1 saturated carbocycles. The molecular formula is C10H19NS. The van der Waals surface area contributed by atoms with Crippen LogP contribution in [0, 0.1) is 5.92 Å². The van der Waals surface area contributed by atoms with Crippen LogP contribution in [0.4, 0.5) is 0 Å². The van der Waals surface area contributed by atoms with Gasteiger partial charge in [-0.25, -0.2) is 0 Å². The van der Waals surface area contributed by atoms with Crippen molar-refractivity contribution in [2.24, 2.45) is 5.92 Å². The van der Waals surface area contributed by atoms with Crippen LogP contribution >= 0.6 is 11.8 Å². The number of rotatable bonds is 2.